The van der Waals surface area contributed by atoms with Gasteiger partial charge in [0.2, 0.25) is 0 Å². The zero-order valence-corrected chi connectivity index (χ0v) is 14.2. The zero-order valence-electron chi connectivity index (χ0n) is 14.2. The molecule has 0 aliphatic carbocycles. The molecule has 0 atom stereocenters. The van der Waals surface area contributed by atoms with E-state index in [2.05, 4.69) is 46.7 Å². The number of hydrogen-bond donors (Lipinski definition) is 1. The SMILES string of the molecule is N#CCc1ccc(Nc2ccnc3ccc(-c4ccccc4)cc23)cc1. The molecule has 0 unspecified atom stereocenters. The molecular weight excluding hydrogens is 318 g/mol. The van der Waals surface area contributed by atoms with E-state index in [9.17, 15) is 0 Å². The number of benzene rings is 3. The van der Waals surface area contributed by atoms with E-state index in [-0.39, 0.29) is 0 Å². The smallest absolute Gasteiger partial charge is 0.0723 e. The van der Waals surface area contributed by atoms with Crippen molar-refractivity contribution in [2.45, 2.75) is 6.42 Å². The number of aromatic nitrogens is 1. The van der Waals surface area contributed by atoms with Gasteiger partial charge in [-0.05, 0) is 47.0 Å². The molecule has 0 aliphatic rings. The Bertz CT molecular complexity index is 1080. The third-order valence-electron chi connectivity index (χ3n) is 4.36. The second kappa shape index (κ2) is 7.08. The number of hydrogen-bond acceptors (Lipinski definition) is 3. The van der Waals surface area contributed by atoms with Gasteiger partial charge in [0, 0.05) is 23.0 Å². The molecule has 4 aromatic rings. The molecular formula is C23H17N3. The fraction of sp³-hybridized carbons (Fsp3) is 0.0435. The summed E-state index contributed by atoms with van der Waals surface area (Å²) in [5, 5.41) is 13.3. The van der Waals surface area contributed by atoms with Crippen LogP contribution in [-0.2, 0) is 6.42 Å². The van der Waals surface area contributed by atoms with Crippen LogP contribution in [0.4, 0.5) is 11.4 Å². The molecule has 0 saturated heterocycles. The first-order chi connectivity index (χ1) is 12.8. The van der Waals surface area contributed by atoms with Gasteiger partial charge in [0.1, 0.15) is 0 Å². The lowest BCUT2D eigenvalue weighted by atomic mass is 10.0. The Hall–Kier alpha value is -3.64. The van der Waals surface area contributed by atoms with Gasteiger partial charge in [-0.1, -0.05) is 48.5 Å². The monoisotopic (exact) mass is 335 g/mol. The van der Waals surface area contributed by atoms with Crippen LogP contribution in [0.3, 0.4) is 0 Å². The van der Waals surface area contributed by atoms with Gasteiger partial charge in [0.25, 0.3) is 0 Å². The predicted molar refractivity (Wildman–Crippen MR) is 106 cm³/mol. The highest BCUT2D eigenvalue weighted by atomic mass is 14.9. The van der Waals surface area contributed by atoms with E-state index in [1.807, 2.05) is 54.7 Å². The number of nitrogens with zero attached hydrogens (tertiary/aromatic N) is 2. The van der Waals surface area contributed by atoms with Crippen molar-refractivity contribution in [1.29, 1.82) is 5.26 Å². The summed E-state index contributed by atoms with van der Waals surface area (Å²) in [5.41, 5.74) is 6.33. The molecule has 1 N–H and O–H groups in total. The van der Waals surface area contributed by atoms with Crippen molar-refractivity contribution in [2.24, 2.45) is 0 Å². The van der Waals surface area contributed by atoms with Crippen LogP contribution in [-0.4, -0.2) is 4.98 Å². The molecule has 124 valence electrons. The molecule has 3 nitrogen and oxygen atoms in total. The van der Waals surface area contributed by atoms with E-state index >= 15 is 0 Å². The Balaban J connectivity index is 1.71. The number of nitrogens with one attached hydrogen (secondary N) is 1. The third kappa shape index (κ3) is 3.26. The standard InChI is InChI=1S/C23H17N3/c24-14-12-17-6-9-20(10-7-17)26-23-13-15-25-22-11-8-19(16-21(22)23)18-4-2-1-3-5-18/h1-11,13,15-16H,12H2,(H,25,26). The van der Waals surface area contributed by atoms with E-state index in [0.717, 1.165) is 27.8 Å². The molecule has 0 spiro atoms. The molecule has 3 heteroatoms. The molecule has 4 rings (SSSR count). The van der Waals surface area contributed by atoms with Gasteiger partial charge >= 0.3 is 0 Å². The predicted octanol–water partition coefficient (Wildman–Crippen LogP) is 5.71. The molecule has 0 bridgehead atoms. The van der Waals surface area contributed by atoms with Crippen LogP contribution in [0, 0.1) is 11.3 Å². The Morgan fingerprint density at radius 2 is 1.65 bits per heavy atom. The number of rotatable bonds is 4. The van der Waals surface area contributed by atoms with E-state index in [4.69, 9.17) is 5.26 Å². The van der Waals surface area contributed by atoms with Crippen LogP contribution in [0.2, 0.25) is 0 Å². The van der Waals surface area contributed by atoms with Crippen molar-refractivity contribution in [3.05, 3.63) is 90.6 Å². The molecule has 26 heavy (non-hydrogen) atoms. The lowest BCUT2D eigenvalue weighted by Crippen LogP contribution is -1.93. The summed E-state index contributed by atoms with van der Waals surface area (Å²) in [4.78, 5) is 4.48. The van der Waals surface area contributed by atoms with Gasteiger partial charge in [-0.15, -0.1) is 0 Å². The second-order valence-electron chi connectivity index (χ2n) is 6.11. The average Bonchev–Trinajstić information content (AvgIpc) is 2.70. The van der Waals surface area contributed by atoms with Gasteiger partial charge in [-0.2, -0.15) is 5.26 Å². The fourth-order valence-electron chi connectivity index (χ4n) is 3.02. The molecule has 0 radical (unpaired) electrons. The summed E-state index contributed by atoms with van der Waals surface area (Å²) < 4.78 is 0. The molecule has 1 aromatic heterocycles. The van der Waals surface area contributed by atoms with Crippen molar-refractivity contribution in [3.8, 4) is 17.2 Å². The minimum absolute atomic E-state index is 0.429. The summed E-state index contributed by atoms with van der Waals surface area (Å²) in [7, 11) is 0. The van der Waals surface area contributed by atoms with E-state index in [1.165, 1.54) is 11.1 Å². The summed E-state index contributed by atoms with van der Waals surface area (Å²) >= 11 is 0. The first-order valence-electron chi connectivity index (χ1n) is 8.50. The average molecular weight is 335 g/mol. The van der Waals surface area contributed by atoms with Crippen LogP contribution < -0.4 is 5.32 Å². The summed E-state index contributed by atoms with van der Waals surface area (Å²) in [6, 6.07) is 28.8. The maximum atomic E-state index is 8.79. The lowest BCUT2D eigenvalue weighted by molar-refractivity contribution is 1.26. The summed E-state index contributed by atoms with van der Waals surface area (Å²) in [5.74, 6) is 0. The number of fused-ring (bicyclic) bond motifs is 1. The van der Waals surface area contributed by atoms with Gasteiger partial charge in [-0.25, -0.2) is 0 Å². The molecule has 0 saturated carbocycles. The quantitative estimate of drug-likeness (QED) is 0.519. The van der Waals surface area contributed by atoms with Crippen LogP contribution in [0.5, 0.6) is 0 Å². The third-order valence-corrected chi connectivity index (χ3v) is 4.36. The van der Waals surface area contributed by atoms with Gasteiger partial charge < -0.3 is 5.32 Å². The van der Waals surface area contributed by atoms with Crippen molar-refractivity contribution in [1.82, 2.24) is 4.98 Å². The first-order valence-corrected chi connectivity index (χ1v) is 8.50. The van der Waals surface area contributed by atoms with Crippen LogP contribution >= 0.6 is 0 Å². The maximum Gasteiger partial charge on any atom is 0.0723 e. The highest BCUT2D eigenvalue weighted by molar-refractivity contribution is 5.95. The molecule has 1 heterocycles. The Morgan fingerprint density at radius 1 is 0.846 bits per heavy atom. The van der Waals surface area contributed by atoms with Crippen LogP contribution in [0.25, 0.3) is 22.0 Å². The zero-order chi connectivity index (χ0) is 17.8. The van der Waals surface area contributed by atoms with Crippen molar-refractivity contribution >= 4 is 22.3 Å². The summed E-state index contributed by atoms with van der Waals surface area (Å²) in [6.07, 6.45) is 2.25. The van der Waals surface area contributed by atoms with Crippen molar-refractivity contribution in [2.75, 3.05) is 5.32 Å². The summed E-state index contributed by atoms with van der Waals surface area (Å²) in [6.45, 7) is 0. The molecule has 0 fully saturated rings. The highest BCUT2D eigenvalue weighted by Gasteiger charge is 2.05. The largest absolute Gasteiger partial charge is 0.355 e. The second-order valence-corrected chi connectivity index (χ2v) is 6.11. The van der Waals surface area contributed by atoms with E-state index < -0.39 is 0 Å². The maximum absolute atomic E-state index is 8.79. The Labute approximate surface area is 152 Å². The van der Waals surface area contributed by atoms with E-state index in [0.29, 0.717) is 6.42 Å². The minimum atomic E-state index is 0.429. The lowest BCUT2D eigenvalue weighted by Gasteiger charge is -2.11. The van der Waals surface area contributed by atoms with Gasteiger partial charge in [-0.3, -0.25) is 4.98 Å². The number of nitriles is 1. The first kappa shape index (κ1) is 15.9. The van der Waals surface area contributed by atoms with Gasteiger partial charge in [0.15, 0.2) is 0 Å². The molecule has 0 aliphatic heterocycles. The molecule has 3 aromatic carbocycles. The highest BCUT2D eigenvalue weighted by Crippen LogP contribution is 2.29. The normalized spacial score (nSPS) is 10.4. The minimum Gasteiger partial charge on any atom is -0.355 e. The van der Waals surface area contributed by atoms with Crippen LogP contribution in [0.15, 0.2) is 85.1 Å². The van der Waals surface area contributed by atoms with Gasteiger partial charge in [0.05, 0.1) is 18.0 Å². The topological polar surface area (TPSA) is 48.7 Å². The van der Waals surface area contributed by atoms with Crippen molar-refractivity contribution < 1.29 is 0 Å². The van der Waals surface area contributed by atoms with E-state index in [1.54, 1.807) is 0 Å². The number of pyridine rings is 1. The van der Waals surface area contributed by atoms with Crippen molar-refractivity contribution in [3.63, 3.8) is 0 Å². The fourth-order valence-corrected chi connectivity index (χ4v) is 3.02. The molecule has 0 amide bonds. The Kier molecular flexibility index (Phi) is 4.32. The number of anilines is 2. The van der Waals surface area contributed by atoms with Crippen LogP contribution in [0.1, 0.15) is 5.56 Å². The Morgan fingerprint density at radius 3 is 2.42 bits per heavy atom.